The minimum Gasteiger partial charge on any atom is -0.346 e. The molecule has 3 aromatic heterocycles. The molecular formula is C42H40ClF9IN7O5S2. The summed E-state index contributed by atoms with van der Waals surface area (Å²) in [5, 5.41) is 9.40. The smallest absolute Gasteiger partial charge is 0.346 e. The van der Waals surface area contributed by atoms with Crippen LogP contribution in [0.2, 0.25) is 5.02 Å². The van der Waals surface area contributed by atoms with E-state index in [1.54, 1.807) is 13.8 Å². The van der Waals surface area contributed by atoms with Crippen molar-refractivity contribution in [1.82, 2.24) is 29.9 Å². The molecule has 25 heteroatoms. The lowest BCUT2D eigenvalue weighted by atomic mass is 9.93. The van der Waals surface area contributed by atoms with Gasteiger partial charge in [0.25, 0.3) is 12.3 Å². The van der Waals surface area contributed by atoms with Crippen LogP contribution in [0.25, 0.3) is 22.0 Å². The first-order valence-corrected chi connectivity index (χ1v) is 25.5. The minimum atomic E-state index is -5.15. The Bertz CT molecular complexity index is 3030. The molecule has 5 aromatic rings. The number of alkyl halides is 7. The third-order valence-corrected chi connectivity index (χ3v) is 18.0. The molecule has 1 unspecified atom stereocenters. The van der Waals surface area contributed by atoms with Crippen molar-refractivity contribution in [1.29, 1.82) is 0 Å². The molecule has 2 fully saturated rings. The minimum absolute atomic E-state index is 0.0148. The first-order chi connectivity index (χ1) is 31.1. The number of aromatic nitrogens is 5. The summed E-state index contributed by atoms with van der Waals surface area (Å²) in [6, 6.07) is 5.05. The Morgan fingerprint density at radius 3 is 2.28 bits per heavy atom. The molecule has 0 aliphatic heterocycles. The van der Waals surface area contributed by atoms with Gasteiger partial charge >= 0.3 is 6.18 Å². The molecule has 2 aromatic carbocycles. The molecule has 12 nitrogen and oxygen atoms in total. The Morgan fingerprint density at radius 2 is 1.67 bits per heavy atom. The molecule has 362 valence electrons. The van der Waals surface area contributed by atoms with E-state index in [0.717, 1.165) is 16.8 Å². The largest absolute Gasteiger partial charge is 0.435 e. The summed E-state index contributed by atoms with van der Waals surface area (Å²) in [4.78, 5) is 19.1. The number of sulfonamides is 1. The summed E-state index contributed by atoms with van der Waals surface area (Å²) in [5.74, 6) is -10.4. The van der Waals surface area contributed by atoms with Crippen molar-refractivity contribution in [3.8, 4) is 11.1 Å². The molecule has 67 heavy (non-hydrogen) atoms. The second-order valence-electron chi connectivity index (χ2n) is 17.5. The molecule has 2 N–H and O–H groups in total. The van der Waals surface area contributed by atoms with E-state index in [4.69, 9.17) is 16.6 Å². The number of hydrogen-bond acceptors (Lipinski definition) is 8. The summed E-state index contributed by atoms with van der Waals surface area (Å²) in [6.07, 6.45) is -7.94. The Morgan fingerprint density at radius 1 is 1.00 bits per heavy atom. The van der Waals surface area contributed by atoms with E-state index in [-0.39, 0.29) is 63.3 Å². The van der Waals surface area contributed by atoms with Crippen molar-refractivity contribution in [2.24, 2.45) is 5.92 Å². The van der Waals surface area contributed by atoms with E-state index >= 15 is 8.78 Å². The van der Waals surface area contributed by atoms with Crippen molar-refractivity contribution in [3.05, 3.63) is 90.5 Å². The predicted octanol–water partition coefficient (Wildman–Crippen LogP) is 9.47. The number of nitrogens with zero attached hydrogens (tertiary/aromatic N) is 5. The van der Waals surface area contributed by atoms with Crippen LogP contribution in [0.1, 0.15) is 92.3 Å². The fourth-order valence-electron chi connectivity index (χ4n) is 8.79. The van der Waals surface area contributed by atoms with Gasteiger partial charge in [-0.3, -0.25) is 23.9 Å². The van der Waals surface area contributed by atoms with Gasteiger partial charge in [-0.1, -0.05) is 17.7 Å². The number of amides is 1. The van der Waals surface area contributed by atoms with Gasteiger partial charge in [0.1, 0.15) is 30.4 Å². The van der Waals surface area contributed by atoms with Crippen LogP contribution in [-0.2, 0) is 62.7 Å². The van der Waals surface area contributed by atoms with Crippen molar-refractivity contribution in [2.45, 2.75) is 113 Å². The molecule has 3 heterocycles. The molecule has 3 atom stereocenters. The van der Waals surface area contributed by atoms with Gasteiger partial charge in [0.05, 0.1) is 49.1 Å². The summed E-state index contributed by atoms with van der Waals surface area (Å²) >= 11 is 8.54. The maximum atomic E-state index is 15.6. The molecule has 3 aliphatic carbocycles. The zero-order valence-electron chi connectivity index (χ0n) is 35.5. The molecule has 0 spiro atoms. The topological polar surface area (TPSA) is 158 Å². The van der Waals surface area contributed by atoms with Crippen molar-refractivity contribution in [2.75, 3.05) is 10.5 Å². The second kappa shape index (κ2) is 17.4. The number of halogens is 11. The van der Waals surface area contributed by atoms with Crippen LogP contribution in [0.4, 0.5) is 45.3 Å². The van der Waals surface area contributed by atoms with Crippen molar-refractivity contribution in [3.63, 3.8) is 0 Å². The highest BCUT2D eigenvalue weighted by molar-refractivity contribution is 14.1. The number of anilines is 1. The molecule has 3 aliphatic rings. The first kappa shape index (κ1) is 49.3. The molecule has 0 radical (unpaired) electrons. The summed E-state index contributed by atoms with van der Waals surface area (Å²) in [5.41, 5.74) is -3.46. The van der Waals surface area contributed by atoms with Crippen LogP contribution >= 0.6 is 34.2 Å². The number of rotatable bonds is 17. The summed E-state index contributed by atoms with van der Waals surface area (Å²) in [6.45, 7) is 2.16. The maximum absolute atomic E-state index is 15.6. The third-order valence-electron chi connectivity index (χ3n) is 12.4. The zero-order chi connectivity index (χ0) is 48.9. The van der Waals surface area contributed by atoms with Crippen LogP contribution in [0.3, 0.4) is 0 Å². The Hall–Kier alpha value is -4.17. The van der Waals surface area contributed by atoms with Crippen LogP contribution in [0, 0.1) is 21.1 Å². The highest BCUT2D eigenvalue weighted by atomic mass is 127. The number of carbonyl (C=O) groups is 1. The zero-order valence-corrected chi connectivity index (χ0v) is 40.0. The van der Waals surface area contributed by atoms with Gasteiger partial charge in [-0.2, -0.15) is 32.1 Å². The lowest BCUT2D eigenvalue weighted by Crippen LogP contribution is -2.36. The average Bonchev–Trinajstić information content (AvgIpc) is 4.13. The number of benzene rings is 2. The normalized spacial score (nSPS) is 18.6. The molecule has 1 amide bonds. The van der Waals surface area contributed by atoms with Gasteiger partial charge < -0.3 is 5.32 Å². The van der Waals surface area contributed by atoms with Crippen LogP contribution in [0.5, 0.6) is 0 Å². The Balaban J connectivity index is 1.31. The number of nitrogens with one attached hydrogen (secondary N) is 2. The van der Waals surface area contributed by atoms with E-state index < -0.39 is 132 Å². The number of hydrogen-bond donors (Lipinski definition) is 2. The first-order valence-electron chi connectivity index (χ1n) is 20.8. The van der Waals surface area contributed by atoms with Gasteiger partial charge in [-0.05, 0) is 118 Å². The fourth-order valence-corrected chi connectivity index (χ4v) is 12.4. The number of aryl methyl sites for hydroxylation is 1. The van der Waals surface area contributed by atoms with Crippen molar-refractivity contribution < 1.29 is 61.1 Å². The van der Waals surface area contributed by atoms with Gasteiger partial charge in [-0.15, -0.1) is 0 Å². The second-order valence-corrected chi connectivity index (χ2v) is 24.0. The molecule has 0 bridgehead atoms. The van der Waals surface area contributed by atoms with E-state index in [9.17, 15) is 52.4 Å². The Kier molecular flexibility index (Phi) is 12.8. The van der Waals surface area contributed by atoms with Crippen molar-refractivity contribution >= 4 is 76.7 Å². The third kappa shape index (κ3) is 9.48. The van der Waals surface area contributed by atoms with E-state index in [2.05, 4.69) is 20.2 Å². The maximum Gasteiger partial charge on any atom is 0.435 e. The van der Waals surface area contributed by atoms with E-state index in [0.29, 0.717) is 27.2 Å². The number of fused-ring (bicyclic) bond motifs is 4. The van der Waals surface area contributed by atoms with Crippen LogP contribution < -0.4 is 10.0 Å². The molecular weight excluding hydrogens is 1080 g/mol. The standard InChI is InChI=1S/C42H40ClF9IN7O5S2/c1-4-66(62,63)58-39-34-27(43)8-7-23(36(34)59(57-39)17-31(46)47)24-16-28(53)29(9-10-40(2,3)67(64,65)22-5-6-22)55-35(24)30(13-19-11-20(44)14-21(45)12-19)54-32(61)18-60-38-33(37(56-60)42(50,51)52)25-15-26(25)41(38,48)49/h7-8,11-12,14,16,22,25-26,30-31H,4-6,9-10,13,15,17-18H2,1-3H3,(H,54,61)(H,57,58)/t25-,26?,30-/m0/s1. The molecule has 8 rings (SSSR count). The predicted molar refractivity (Wildman–Crippen MR) is 237 cm³/mol. The Labute approximate surface area is 396 Å². The number of sulfone groups is 1. The quantitative estimate of drug-likeness (QED) is 0.0689. The van der Waals surface area contributed by atoms with Gasteiger partial charge in [-0.25, -0.2) is 34.4 Å². The lowest BCUT2D eigenvalue weighted by Gasteiger charge is -2.26. The summed E-state index contributed by atoms with van der Waals surface area (Å²) in [7, 11) is -7.71. The monoisotopic (exact) mass is 1120 g/mol. The molecule has 0 saturated heterocycles. The molecule has 2 saturated carbocycles. The van der Waals surface area contributed by atoms with Gasteiger partial charge in [0, 0.05) is 32.2 Å². The van der Waals surface area contributed by atoms with Crippen LogP contribution in [-0.4, -0.2) is 69.5 Å². The summed E-state index contributed by atoms with van der Waals surface area (Å²) < 4.78 is 187. The van der Waals surface area contributed by atoms with Gasteiger partial charge in [0.2, 0.25) is 15.9 Å². The highest BCUT2D eigenvalue weighted by Crippen LogP contribution is 2.68. The lowest BCUT2D eigenvalue weighted by molar-refractivity contribution is -0.142. The van der Waals surface area contributed by atoms with Crippen LogP contribution in [0.15, 0.2) is 36.4 Å². The number of pyridine rings is 1. The van der Waals surface area contributed by atoms with Gasteiger partial charge in [0.15, 0.2) is 21.3 Å². The van der Waals surface area contributed by atoms with E-state index in [1.807, 2.05) is 22.6 Å². The van der Waals surface area contributed by atoms with E-state index in [1.165, 1.54) is 25.1 Å². The highest BCUT2D eigenvalue weighted by Gasteiger charge is 2.68. The SMILES string of the molecule is CCS(=O)(=O)Nc1nn(CC(F)F)c2c(-c3cc(I)c(CCC(C)(C)S(=O)(=O)C4CC4)nc3[C@H](Cc3cc(F)cc(F)c3)NC(=O)Cn3nc(C(F)(F)F)c4c3C(F)(F)C3C[C@H]43)ccc(Cl)c12. The fraction of sp³-hybridized carbons (Fsp3) is 0.476. The number of carbonyl (C=O) groups excluding carboxylic acids is 1. The average molecular weight is 1120 g/mol.